The zero-order chi connectivity index (χ0) is 15.2. The van der Waals surface area contributed by atoms with Gasteiger partial charge in [0.2, 0.25) is 0 Å². The van der Waals surface area contributed by atoms with Crippen LogP contribution in [0.5, 0.6) is 0 Å². The maximum absolute atomic E-state index is 10.6. The molecule has 0 radical (unpaired) electrons. The Morgan fingerprint density at radius 2 is 2.10 bits per heavy atom. The van der Waals surface area contributed by atoms with Gasteiger partial charge in [-0.25, -0.2) is 0 Å². The predicted octanol–water partition coefficient (Wildman–Crippen LogP) is 3.85. The first-order chi connectivity index (χ1) is 10.1. The van der Waals surface area contributed by atoms with E-state index in [4.69, 9.17) is 5.11 Å². The summed E-state index contributed by atoms with van der Waals surface area (Å²) in [5.41, 5.74) is 3.09. The normalized spacial score (nSPS) is 12.3. The van der Waals surface area contributed by atoms with Gasteiger partial charge in [0, 0.05) is 29.7 Å². The summed E-state index contributed by atoms with van der Waals surface area (Å²) in [5.74, 6) is -0.312. The molecule has 2 aromatic rings. The quantitative estimate of drug-likeness (QED) is 0.811. The van der Waals surface area contributed by atoms with Crippen molar-refractivity contribution in [2.45, 2.75) is 33.1 Å². The number of benzene rings is 1. The first-order valence-electron chi connectivity index (χ1n) is 7.38. The standard InChI is InChI=1S/C17H22N2O2/c1-12(7-8-17(20)21)9-10-18-16-11-13(2)19-15-6-4-3-5-14(15)16/h3-6,11-12H,7-10H2,1-2H3,(H,18,19)(H,20,21). The molecule has 1 heterocycles. The average Bonchev–Trinajstić information content (AvgIpc) is 2.45. The number of aliphatic carboxylic acids is 1. The number of nitrogens with one attached hydrogen (secondary N) is 1. The summed E-state index contributed by atoms with van der Waals surface area (Å²) in [7, 11) is 0. The number of pyridine rings is 1. The summed E-state index contributed by atoms with van der Waals surface area (Å²) in [4.78, 5) is 15.1. The van der Waals surface area contributed by atoms with Gasteiger partial charge in [-0.1, -0.05) is 25.1 Å². The lowest BCUT2D eigenvalue weighted by Crippen LogP contribution is -2.09. The summed E-state index contributed by atoms with van der Waals surface area (Å²) >= 11 is 0. The molecule has 0 amide bonds. The van der Waals surface area contributed by atoms with Gasteiger partial charge in [-0.3, -0.25) is 9.78 Å². The SMILES string of the molecule is Cc1cc(NCCC(C)CCC(=O)O)c2ccccc2n1. The van der Waals surface area contributed by atoms with Crippen molar-refractivity contribution in [3.8, 4) is 0 Å². The van der Waals surface area contributed by atoms with E-state index in [9.17, 15) is 4.79 Å². The van der Waals surface area contributed by atoms with E-state index in [2.05, 4.69) is 29.4 Å². The summed E-state index contributed by atoms with van der Waals surface area (Å²) in [6.07, 6.45) is 1.94. The molecule has 1 atom stereocenters. The summed E-state index contributed by atoms with van der Waals surface area (Å²) in [5, 5.41) is 13.3. The van der Waals surface area contributed by atoms with Crippen LogP contribution in [0, 0.1) is 12.8 Å². The Bertz CT molecular complexity index is 625. The number of carbonyl (C=O) groups is 1. The molecule has 1 aromatic carbocycles. The fourth-order valence-corrected chi connectivity index (χ4v) is 2.42. The number of nitrogens with zero attached hydrogens (tertiary/aromatic N) is 1. The van der Waals surface area contributed by atoms with Gasteiger partial charge >= 0.3 is 5.97 Å². The molecule has 4 heteroatoms. The molecule has 1 unspecified atom stereocenters. The minimum atomic E-state index is -0.717. The van der Waals surface area contributed by atoms with Gasteiger partial charge in [0.1, 0.15) is 0 Å². The van der Waals surface area contributed by atoms with Crippen LogP contribution in [0.25, 0.3) is 10.9 Å². The van der Waals surface area contributed by atoms with Crippen LogP contribution in [0.15, 0.2) is 30.3 Å². The molecule has 0 fully saturated rings. The summed E-state index contributed by atoms with van der Waals surface area (Å²) in [6, 6.07) is 10.2. The highest BCUT2D eigenvalue weighted by atomic mass is 16.4. The smallest absolute Gasteiger partial charge is 0.303 e. The molecule has 0 bridgehead atoms. The van der Waals surface area contributed by atoms with Crippen LogP contribution in [0.2, 0.25) is 0 Å². The van der Waals surface area contributed by atoms with Crippen molar-refractivity contribution < 1.29 is 9.90 Å². The molecule has 0 saturated carbocycles. The van der Waals surface area contributed by atoms with Crippen LogP contribution < -0.4 is 5.32 Å². The van der Waals surface area contributed by atoms with Gasteiger partial charge in [-0.2, -0.15) is 0 Å². The number of hydrogen-bond acceptors (Lipinski definition) is 3. The van der Waals surface area contributed by atoms with Crippen molar-refractivity contribution in [1.29, 1.82) is 0 Å². The van der Waals surface area contributed by atoms with Gasteiger partial charge in [-0.15, -0.1) is 0 Å². The van der Waals surface area contributed by atoms with Crippen molar-refractivity contribution in [3.05, 3.63) is 36.0 Å². The molecule has 0 aliphatic rings. The number of para-hydroxylation sites is 1. The Morgan fingerprint density at radius 3 is 2.86 bits per heavy atom. The fraction of sp³-hybridized carbons (Fsp3) is 0.412. The molecule has 2 rings (SSSR count). The third-order valence-electron chi connectivity index (χ3n) is 3.65. The van der Waals surface area contributed by atoms with Gasteiger partial charge in [0.15, 0.2) is 0 Å². The van der Waals surface area contributed by atoms with Crippen LogP contribution >= 0.6 is 0 Å². The fourth-order valence-electron chi connectivity index (χ4n) is 2.42. The molecule has 2 N–H and O–H groups in total. The number of fused-ring (bicyclic) bond motifs is 1. The second-order valence-electron chi connectivity index (χ2n) is 5.58. The van der Waals surface area contributed by atoms with Gasteiger partial charge in [0.05, 0.1) is 5.52 Å². The van der Waals surface area contributed by atoms with Crippen molar-refractivity contribution >= 4 is 22.6 Å². The van der Waals surface area contributed by atoms with Gasteiger partial charge in [-0.05, 0) is 37.8 Å². The lowest BCUT2D eigenvalue weighted by Gasteiger charge is -2.13. The first-order valence-corrected chi connectivity index (χ1v) is 7.38. The predicted molar refractivity (Wildman–Crippen MR) is 85.6 cm³/mol. The minimum Gasteiger partial charge on any atom is -0.481 e. The van der Waals surface area contributed by atoms with Crippen molar-refractivity contribution in [2.75, 3.05) is 11.9 Å². The van der Waals surface area contributed by atoms with E-state index in [1.165, 1.54) is 0 Å². The van der Waals surface area contributed by atoms with Crippen LogP contribution in [-0.4, -0.2) is 22.6 Å². The molecular weight excluding hydrogens is 264 g/mol. The van der Waals surface area contributed by atoms with Crippen LogP contribution in [-0.2, 0) is 4.79 Å². The molecule has 21 heavy (non-hydrogen) atoms. The maximum Gasteiger partial charge on any atom is 0.303 e. The number of anilines is 1. The van der Waals surface area contributed by atoms with Crippen molar-refractivity contribution in [3.63, 3.8) is 0 Å². The Morgan fingerprint density at radius 1 is 1.33 bits per heavy atom. The lowest BCUT2D eigenvalue weighted by molar-refractivity contribution is -0.137. The molecule has 0 spiro atoms. The monoisotopic (exact) mass is 286 g/mol. The third-order valence-corrected chi connectivity index (χ3v) is 3.65. The van der Waals surface area contributed by atoms with Gasteiger partial charge in [0.25, 0.3) is 0 Å². The van der Waals surface area contributed by atoms with Crippen molar-refractivity contribution in [2.24, 2.45) is 5.92 Å². The molecule has 0 aliphatic heterocycles. The number of hydrogen-bond donors (Lipinski definition) is 2. The Kier molecular flexibility index (Phi) is 5.14. The Labute approximate surface area is 125 Å². The third kappa shape index (κ3) is 4.45. The lowest BCUT2D eigenvalue weighted by atomic mass is 10.0. The zero-order valence-corrected chi connectivity index (χ0v) is 12.6. The topological polar surface area (TPSA) is 62.2 Å². The van der Waals surface area contributed by atoms with Crippen LogP contribution in [0.4, 0.5) is 5.69 Å². The Hall–Kier alpha value is -2.10. The first kappa shape index (κ1) is 15.3. The minimum absolute atomic E-state index is 0.248. The number of aromatic nitrogens is 1. The Balaban J connectivity index is 1.96. The number of rotatable bonds is 7. The molecule has 0 aliphatic carbocycles. The molecular formula is C17H22N2O2. The van der Waals surface area contributed by atoms with Crippen LogP contribution in [0.3, 0.4) is 0 Å². The van der Waals surface area contributed by atoms with E-state index in [1.807, 2.05) is 25.1 Å². The second kappa shape index (κ2) is 7.07. The van der Waals surface area contributed by atoms with E-state index in [-0.39, 0.29) is 6.42 Å². The highest BCUT2D eigenvalue weighted by molar-refractivity contribution is 5.91. The number of carboxylic acid groups (broad SMARTS) is 1. The summed E-state index contributed by atoms with van der Waals surface area (Å²) in [6.45, 7) is 4.93. The zero-order valence-electron chi connectivity index (χ0n) is 12.6. The molecule has 1 aromatic heterocycles. The second-order valence-corrected chi connectivity index (χ2v) is 5.58. The maximum atomic E-state index is 10.6. The summed E-state index contributed by atoms with van der Waals surface area (Å²) < 4.78 is 0. The average molecular weight is 286 g/mol. The molecule has 4 nitrogen and oxygen atoms in total. The van der Waals surface area contributed by atoms with E-state index in [0.717, 1.165) is 41.7 Å². The van der Waals surface area contributed by atoms with E-state index in [0.29, 0.717) is 5.92 Å². The van der Waals surface area contributed by atoms with Crippen molar-refractivity contribution in [1.82, 2.24) is 4.98 Å². The highest BCUT2D eigenvalue weighted by Gasteiger charge is 2.07. The number of aryl methyl sites for hydroxylation is 1. The van der Waals surface area contributed by atoms with Crippen LogP contribution in [0.1, 0.15) is 31.9 Å². The molecule has 0 saturated heterocycles. The largest absolute Gasteiger partial charge is 0.481 e. The van der Waals surface area contributed by atoms with E-state index >= 15 is 0 Å². The van der Waals surface area contributed by atoms with E-state index in [1.54, 1.807) is 0 Å². The highest BCUT2D eigenvalue weighted by Crippen LogP contribution is 2.23. The molecule has 112 valence electrons. The number of carboxylic acids is 1. The van der Waals surface area contributed by atoms with Gasteiger partial charge < -0.3 is 10.4 Å². The van der Waals surface area contributed by atoms with E-state index < -0.39 is 5.97 Å².